The smallest absolute Gasteiger partial charge is 0.150 e. The Morgan fingerprint density at radius 2 is 2.27 bits per heavy atom. The lowest BCUT2D eigenvalue weighted by Crippen LogP contribution is -2.36. The number of aromatic nitrogens is 2. The third kappa shape index (κ3) is 4.62. The number of nitrogens with zero attached hydrogens (tertiary/aromatic N) is 3. The lowest BCUT2D eigenvalue weighted by atomic mass is 10.1. The Morgan fingerprint density at radius 1 is 1.46 bits per heavy atom. The molecule has 1 heterocycles. The molecule has 1 aliphatic rings. The van der Waals surface area contributed by atoms with Crippen LogP contribution in [0.4, 0.5) is 0 Å². The molecule has 7 nitrogen and oxygen atoms in total. The fourth-order valence-electron chi connectivity index (χ4n) is 2.92. The van der Waals surface area contributed by atoms with E-state index in [1.165, 1.54) is 0 Å². The fourth-order valence-corrected chi connectivity index (χ4v) is 2.92. The molecule has 1 aliphatic carbocycles. The van der Waals surface area contributed by atoms with Crippen LogP contribution in [0.3, 0.4) is 0 Å². The van der Waals surface area contributed by atoms with Crippen molar-refractivity contribution < 1.29 is 9.84 Å². The number of hydrogen-bond acceptors (Lipinski definition) is 6. The van der Waals surface area contributed by atoms with Gasteiger partial charge in [-0.05, 0) is 50.2 Å². The van der Waals surface area contributed by atoms with Gasteiger partial charge in [0.25, 0.3) is 0 Å². The van der Waals surface area contributed by atoms with E-state index in [-0.39, 0.29) is 6.61 Å². The van der Waals surface area contributed by atoms with Crippen molar-refractivity contribution in [2.24, 2.45) is 16.5 Å². The fraction of sp³-hybridized carbons (Fsp3) is 0.474. The first-order valence-corrected chi connectivity index (χ1v) is 9.03. The largest absolute Gasteiger partial charge is 0.494 e. The van der Waals surface area contributed by atoms with Crippen LogP contribution >= 0.6 is 0 Å². The first-order chi connectivity index (χ1) is 12.7. The monoisotopic (exact) mass is 359 g/mol. The summed E-state index contributed by atoms with van der Waals surface area (Å²) in [6.45, 7) is 7.69. The highest BCUT2D eigenvalue weighted by atomic mass is 16.5. The SMILES string of the molecule is C=N/C(N)=c1/nc(CCO)n(CCC)/c1=C1\C=CC(OCCCN)=CC1. The second kappa shape index (κ2) is 9.94. The third-order valence-corrected chi connectivity index (χ3v) is 4.14. The van der Waals surface area contributed by atoms with Crippen molar-refractivity contribution in [3.63, 3.8) is 0 Å². The number of allylic oxidation sites excluding steroid dienone is 3. The Kier molecular flexibility index (Phi) is 7.62. The quantitative estimate of drug-likeness (QED) is 0.421. The van der Waals surface area contributed by atoms with E-state index in [9.17, 15) is 5.11 Å². The van der Waals surface area contributed by atoms with Crippen molar-refractivity contribution in [1.82, 2.24) is 9.55 Å². The molecule has 0 amide bonds. The summed E-state index contributed by atoms with van der Waals surface area (Å²) in [5.74, 6) is 1.95. The van der Waals surface area contributed by atoms with Crippen molar-refractivity contribution in [3.8, 4) is 0 Å². The van der Waals surface area contributed by atoms with E-state index in [0.29, 0.717) is 37.2 Å². The number of aliphatic hydroxyl groups excluding tert-OH is 1. The highest BCUT2D eigenvalue weighted by Crippen LogP contribution is 2.16. The molecule has 1 aromatic rings. The van der Waals surface area contributed by atoms with E-state index in [1.54, 1.807) is 0 Å². The molecule has 1 aromatic heterocycles. The Bertz CT molecular complexity index is 805. The molecule has 0 atom stereocenters. The number of aliphatic imine (C=N–C) groups is 1. The van der Waals surface area contributed by atoms with Gasteiger partial charge in [-0.15, -0.1) is 0 Å². The predicted octanol–water partition coefficient (Wildman–Crippen LogP) is -0.0872. The van der Waals surface area contributed by atoms with Gasteiger partial charge in [0.15, 0.2) is 5.82 Å². The zero-order valence-electron chi connectivity index (χ0n) is 15.4. The van der Waals surface area contributed by atoms with Gasteiger partial charge in [-0.3, -0.25) is 0 Å². The second-order valence-corrected chi connectivity index (χ2v) is 6.05. The zero-order valence-corrected chi connectivity index (χ0v) is 15.4. The average Bonchev–Trinajstić information content (AvgIpc) is 3.01. The molecular formula is C19H29N5O2. The van der Waals surface area contributed by atoms with Crippen LogP contribution in [-0.4, -0.2) is 41.1 Å². The highest BCUT2D eigenvalue weighted by Gasteiger charge is 2.13. The molecule has 0 aromatic carbocycles. The minimum Gasteiger partial charge on any atom is -0.494 e. The normalized spacial score (nSPS) is 17.1. The van der Waals surface area contributed by atoms with E-state index in [2.05, 4.69) is 28.2 Å². The number of hydrogen-bond donors (Lipinski definition) is 3. The number of imidazole rings is 1. The van der Waals surface area contributed by atoms with Crippen molar-refractivity contribution in [1.29, 1.82) is 0 Å². The number of ether oxygens (including phenoxy) is 1. The Labute approximate surface area is 154 Å². The van der Waals surface area contributed by atoms with E-state index in [0.717, 1.165) is 41.9 Å². The van der Waals surface area contributed by atoms with Crippen LogP contribution in [0.5, 0.6) is 0 Å². The summed E-state index contributed by atoms with van der Waals surface area (Å²) in [5.41, 5.74) is 12.6. The van der Waals surface area contributed by atoms with Gasteiger partial charge in [-0.25, -0.2) is 9.98 Å². The Hall–Kier alpha value is -2.38. The summed E-state index contributed by atoms with van der Waals surface area (Å²) < 4.78 is 7.82. The first-order valence-electron chi connectivity index (χ1n) is 9.03. The van der Waals surface area contributed by atoms with Crippen LogP contribution in [0.15, 0.2) is 29.0 Å². The molecule has 26 heavy (non-hydrogen) atoms. The first kappa shape index (κ1) is 19.9. The van der Waals surface area contributed by atoms with E-state index in [4.69, 9.17) is 16.2 Å². The van der Waals surface area contributed by atoms with Crippen molar-refractivity contribution in [2.45, 2.75) is 39.2 Å². The molecule has 0 radical (unpaired) electrons. The average molecular weight is 359 g/mol. The molecule has 2 rings (SSSR count). The molecule has 142 valence electrons. The van der Waals surface area contributed by atoms with Gasteiger partial charge in [0, 0.05) is 13.0 Å². The van der Waals surface area contributed by atoms with E-state index in [1.807, 2.05) is 18.2 Å². The number of rotatable bonds is 9. The second-order valence-electron chi connectivity index (χ2n) is 6.05. The van der Waals surface area contributed by atoms with Gasteiger partial charge >= 0.3 is 0 Å². The highest BCUT2D eigenvalue weighted by molar-refractivity contribution is 5.62. The van der Waals surface area contributed by atoms with Gasteiger partial charge in [0.1, 0.15) is 16.9 Å². The number of aliphatic hydroxyl groups is 1. The molecule has 0 aliphatic heterocycles. The van der Waals surface area contributed by atoms with Crippen LogP contribution in [0, 0.1) is 0 Å². The molecule has 5 N–H and O–H groups in total. The minimum absolute atomic E-state index is 0.0330. The standard InChI is InChI=1S/C19H29N5O2/c1-3-11-24-16(9-12-25)23-17(19(21)22-2)18(24)14-5-7-15(8-6-14)26-13-4-10-20/h5,7-8,25H,2-4,6,9-13,20-21H2,1H3/b18-14+,19-17+. The molecule has 0 spiro atoms. The molecule has 7 heteroatoms. The van der Waals surface area contributed by atoms with Gasteiger partial charge in [0.05, 0.1) is 18.6 Å². The van der Waals surface area contributed by atoms with Crippen molar-refractivity contribution in [3.05, 3.63) is 40.5 Å². The summed E-state index contributed by atoms with van der Waals surface area (Å²) in [5, 5.41) is 10.9. The zero-order chi connectivity index (χ0) is 18.9. The molecule has 0 bridgehead atoms. The molecule has 0 saturated heterocycles. The topological polar surface area (TPSA) is 112 Å². The van der Waals surface area contributed by atoms with Crippen LogP contribution in [0.1, 0.15) is 32.0 Å². The predicted molar refractivity (Wildman–Crippen MR) is 105 cm³/mol. The van der Waals surface area contributed by atoms with Gasteiger partial charge < -0.3 is 25.9 Å². The summed E-state index contributed by atoms with van der Waals surface area (Å²) >= 11 is 0. The number of nitrogens with two attached hydrogens (primary N) is 2. The van der Waals surface area contributed by atoms with E-state index >= 15 is 0 Å². The lowest BCUT2D eigenvalue weighted by molar-refractivity contribution is 0.221. The summed E-state index contributed by atoms with van der Waals surface area (Å²) in [4.78, 5) is 8.50. The minimum atomic E-state index is 0.0330. The molecule has 0 saturated carbocycles. The van der Waals surface area contributed by atoms with E-state index < -0.39 is 0 Å². The lowest BCUT2D eigenvalue weighted by Gasteiger charge is -2.13. The molecular weight excluding hydrogens is 330 g/mol. The van der Waals surface area contributed by atoms with Crippen LogP contribution < -0.4 is 22.2 Å². The van der Waals surface area contributed by atoms with Gasteiger partial charge in [0.2, 0.25) is 0 Å². The summed E-state index contributed by atoms with van der Waals surface area (Å²) in [6, 6.07) is 0. The molecule has 0 fully saturated rings. The van der Waals surface area contributed by atoms with Crippen molar-refractivity contribution >= 4 is 18.1 Å². The summed E-state index contributed by atoms with van der Waals surface area (Å²) in [6.07, 6.45) is 8.98. The Morgan fingerprint density at radius 3 is 2.85 bits per heavy atom. The van der Waals surface area contributed by atoms with Crippen molar-refractivity contribution in [2.75, 3.05) is 19.8 Å². The third-order valence-electron chi connectivity index (χ3n) is 4.14. The van der Waals surface area contributed by atoms with Crippen LogP contribution in [-0.2, 0) is 17.7 Å². The Balaban J connectivity index is 2.52. The molecule has 0 unspecified atom stereocenters. The van der Waals surface area contributed by atoms with Gasteiger partial charge in [-0.2, -0.15) is 0 Å². The maximum Gasteiger partial charge on any atom is 0.150 e. The van der Waals surface area contributed by atoms with Crippen LogP contribution in [0.2, 0.25) is 0 Å². The van der Waals surface area contributed by atoms with Gasteiger partial charge in [-0.1, -0.05) is 13.0 Å². The maximum atomic E-state index is 9.37. The van der Waals surface area contributed by atoms with Crippen LogP contribution in [0.25, 0.3) is 11.4 Å². The summed E-state index contributed by atoms with van der Waals surface area (Å²) in [7, 11) is 0. The maximum absolute atomic E-state index is 9.37.